The molecule has 1 aliphatic heterocycles. The maximum absolute atomic E-state index is 5.28. The van der Waals surface area contributed by atoms with E-state index in [1.165, 1.54) is 5.69 Å². The van der Waals surface area contributed by atoms with E-state index in [1.807, 2.05) is 10.9 Å². The second kappa shape index (κ2) is 5.25. The predicted octanol–water partition coefficient (Wildman–Crippen LogP) is 0.240. The molecular weight excluding hydrogens is 192 g/mol. The van der Waals surface area contributed by atoms with Crippen molar-refractivity contribution in [1.82, 2.24) is 20.2 Å². The summed E-state index contributed by atoms with van der Waals surface area (Å²) in [6, 6.07) is 2.05. The van der Waals surface area contributed by atoms with Crippen molar-refractivity contribution in [2.24, 2.45) is 0 Å². The number of morpholine rings is 1. The molecule has 1 aliphatic rings. The molecule has 1 aromatic heterocycles. The van der Waals surface area contributed by atoms with E-state index in [0.717, 1.165) is 39.4 Å². The lowest BCUT2D eigenvalue weighted by atomic mass is 10.4. The molecule has 0 spiro atoms. The lowest BCUT2D eigenvalue weighted by Gasteiger charge is -2.27. The van der Waals surface area contributed by atoms with Crippen molar-refractivity contribution < 1.29 is 4.74 Å². The molecule has 5 nitrogen and oxygen atoms in total. The molecule has 0 unspecified atom stereocenters. The fraction of sp³-hybridized carbons (Fsp3) is 0.700. The van der Waals surface area contributed by atoms with Gasteiger partial charge < -0.3 is 4.74 Å². The Morgan fingerprint density at radius 1 is 1.47 bits per heavy atom. The molecule has 1 saturated heterocycles. The largest absolute Gasteiger partial charge is 0.379 e. The summed E-state index contributed by atoms with van der Waals surface area (Å²) in [6.45, 7) is 7.42. The summed E-state index contributed by atoms with van der Waals surface area (Å²) in [4.78, 5) is 0. The van der Waals surface area contributed by atoms with Crippen molar-refractivity contribution in [2.75, 3.05) is 26.3 Å². The summed E-state index contributed by atoms with van der Waals surface area (Å²) < 4.78 is 7.29. The Kier molecular flexibility index (Phi) is 3.71. The van der Waals surface area contributed by atoms with Crippen LogP contribution in [0.3, 0.4) is 0 Å². The first-order valence-electron chi connectivity index (χ1n) is 5.47. The smallest absolute Gasteiger partial charge is 0.0608 e. The molecule has 0 bridgehead atoms. The maximum Gasteiger partial charge on any atom is 0.0608 e. The third-order valence-corrected chi connectivity index (χ3v) is 2.60. The highest BCUT2D eigenvalue weighted by Gasteiger charge is 2.10. The quantitative estimate of drug-likeness (QED) is 0.773. The predicted molar refractivity (Wildman–Crippen MR) is 57.1 cm³/mol. The van der Waals surface area contributed by atoms with E-state index >= 15 is 0 Å². The van der Waals surface area contributed by atoms with Gasteiger partial charge in [-0.1, -0.05) is 0 Å². The Labute approximate surface area is 90.0 Å². The fourth-order valence-electron chi connectivity index (χ4n) is 1.71. The Bertz CT molecular complexity index is 293. The van der Waals surface area contributed by atoms with Crippen LogP contribution in [-0.2, 0) is 17.8 Å². The van der Waals surface area contributed by atoms with E-state index in [1.54, 1.807) is 0 Å². The normalized spacial score (nSPS) is 18.2. The fourth-order valence-corrected chi connectivity index (χ4v) is 1.71. The Morgan fingerprint density at radius 2 is 2.27 bits per heavy atom. The number of hydrogen-bond donors (Lipinski definition) is 1. The molecule has 0 saturated carbocycles. The first kappa shape index (κ1) is 10.6. The van der Waals surface area contributed by atoms with Crippen LogP contribution < -0.4 is 5.43 Å². The Hall–Kier alpha value is -0.910. The number of rotatable bonds is 4. The number of hydrazine groups is 1. The minimum atomic E-state index is 0.819. The van der Waals surface area contributed by atoms with E-state index in [0.29, 0.717) is 0 Å². The molecule has 5 heteroatoms. The van der Waals surface area contributed by atoms with Gasteiger partial charge in [-0.15, -0.1) is 0 Å². The average Bonchev–Trinajstić information content (AvgIpc) is 2.75. The van der Waals surface area contributed by atoms with Gasteiger partial charge in [0.2, 0.25) is 0 Å². The Morgan fingerprint density at radius 3 is 3.00 bits per heavy atom. The monoisotopic (exact) mass is 210 g/mol. The molecule has 84 valence electrons. The van der Waals surface area contributed by atoms with Gasteiger partial charge in [0, 0.05) is 25.8 Å². The van der Waals surface area contributed by atoms with Crippen molar-refractivity contribution in [3.05, 3.63) is 18.0 Å². The molecule has 0 aromatic carbocycles. The molecule has 1 fully saturated rings. The van der Waals surface area contributed by atoms with Gasteiger partial charge in [-0.05, 0) is 13.0 Å². The minimum Gasteiger partial charge on any atom is -0.379 e. The SMILES string of the molecule is CCn1nccc1CNN1CCOCC1. The molecule has 0 aliphatic carbocycles. The molecule has 15 heavy (non-hydrogen) atoms. The molecule has 0 amide bonds. The number of aryl methyl sites for hydroxylation is 1. The molecule has 0 radical (unpaired) electrons. The summed E-state index contributed by atoms with van der Waals surface area (Å²) in [5.41, 5.74) is 4.62. The number of hydrogen-bond acceptors (Lipinski definition) is 4. The van der Waals surface area contributed by atoms with Gasteiger partial charge in [-0.3, -0.25) is 4.68 Å². The van der Waals surface area contributed by atoms with Crippen LogP contribution in [0.2, 0.25) is 0 Å². The second-order valence-electron chi connectivity index (χ2n) is 3.57. The summed E-state index contributed by atoms with van der Waals surface area (Å²) in [6.07, 6.45) is 1.85. The number of ether oxygens (including phenoxy) is 1. The molecule has 0 atom stereocenters. The Balaban J connectivity index is 1.81. The van der Waals surface area contributed by atoms with Gasteiger partial charge >= 0.3 is 0 Å². The van der Waals surface area contributed by atoms with E-state index in [9.17, 15) is 0 Å². The second-order valence-corrected chi connectivity index (χ2v) is 3.57. The zero-order valence-electron chi connectivity index (χ0n) is 9.15. The van der Waals surface area contributed by atoms with Crippen LogP contribution in [0.25, 0.3) is 0 Å². The van der Waals surface area contributed by atoms with Gasteiger partial charge in [0.15, 0.2) is 0 Å². The molecule has 2 heterocycles. The standard InChI is InChI=1S/C10H18N4O/c1-2-14-10(3-4-11-14)9-12-13-5-7-15-8-6-13/h3-4,12H,2,5-9H2,1H3. The molecular formula is C10H18N4O. The van der Waals surface area contributed by atoms with E-state index in [2.05, 4.69) is 28.5 Å². The maximum atomic E-state index is 5.28. The highest BCUT2D eigenvalue weighted by Crippen LogP contribution is 2.00. The topological polar surface area (TPSA) is 42.3 Å². The van der Waals surface area contributed by atoms with Crippen molar-refractivity contribution in [3.8, 4) is 0 Å². The van der Waals surface area contributed by atoms with Crippen LogP contribution in [0.15, 0.2) is 12.3 Å². The molecule has 1 aromatic rings. The third-order valence-electron chi connectivity index (χ3n) is 2.60. The summed E-state index contributed by atoms with van der Waals surface area (Å²) in [5.74, 6) is 0. The lowest BCUT2D eigenvalue weighted by Crippen LogP contribution is -2.45. The molecule has 2 rings (SSSR count). The van der Waals surface area contributed by atoms with Crippen molar-refractivity contribution >= 4 is 0 Å². The van der Waals surface area contributed by atoms with Crippen molar-refractivity contribution in [1.29, 1.82) is 0 Å². The van der Waals surface area contributed by atoms with Gasteiger partial charge in [0.05, 0.1) is 25.5 Å². The highest BCUT2D eigenvalue weighted by atomic mass is 16.5. The zero-order valence-corrected chi connectivity index (χ0v) is 9.15. The first-order chi connectivity index (χ1) is 7.40. The van der Waals surface area contributed by atoms with Crippen molar-refractivity contribution in [3.63, 3.8) is 0 Å². The first-order valence-corrected chi connectivity index (χ1v) is 5.47. The van der Waals surface area contributed by atoms with Crippen LogP contribution in [0, 0.1) is 0 Å². The highest BCUT2D eigenvalue weighted by molar-refractivity contribution is 4.99. The van der Waals surface area contributed by atoms with E-state index < -0.39 is 0 Å². The minimum absolute atomic E-state index is 0.819. The van der Waals surface area contributed by atoms with Crippen LogP contribution in [0.1, 0.15) is 12.6 Å². The van der Waals surface area contributed by atoms with Gasteiger partial charge in [0.1, 0.15) is 0 Å². The summed E-state index contributed by atoms with van der Waals surface area (Å²) in [7, 11) is 0. The summed E-state index contributed by atoms with van der Waals surface area (Å²) in [5, 5.41) is 6.44. The molecule has 1 N–H and O–H groups in total. The van der Waals surface area contributed by atoms with Crippen LogP contribution in [0.5, 0.6) is 0 Å². The third kappa shape index (κ3) is 2.77. The zero-order chi connectivity index (χ0) is 10.5. The van der Waals surface area contributed by atoms with Crippen LogP contribution in [-0.4, -0.2) is 41.1 Å². The average molecular weight is 210 g/mol. The van der Waals surface area contributed by atoms with Crippen molar-refractivity contribution in [2.45, 2.75) is 20.0 Å². The summed E-state index contributed by atoms with van der Waals surface area (Å²) >= 11 is 0. The van der Waals surface area contributed by atoms with Gasteiger partial charge in [0.25, 0.3) is 0 Å². The van der Waals surface area contributed by atoms with Crippen LogP contribution in [0.4, 0.5) is 0 Å². The van der Waals surface area contributed by atoms with Gasteiger partial charge in [-0.2, -0.15) is 5.10 Å². The van der Waals surface area contributed by atoms with E-state index in [-0.39, 0.29) is 0 Å². The lowest BCUT2D eigenvalue weighted by molar-refractivity contribution is 0.0101. The number of aromatic nitrogens is 2. The van der Waals surface area contributed by atoms with E-state index in [4.69, 9.17) is 4.74 Å². The number of nitrogens with one attached hydrogen (secondary N) is 1. The van der Waals surface area contributed by atoms with Crippen LogP contribution >= 0.6 is 0 Å². The number of nitrogens with zero attached hydrogens (tertiary/aromatic N) is 3. The van der Waals surface area contributed by atoms with Gasteiger partial charge in [-0.25, -0.2) is 10.4 Å².